The van der Waals surface area contributed by atoms with E-state index in [9.17, 15) is 33.4 Å². The molecule has 0 aliphatic heterocycles. The standard InChI is InChI=1S/C22H20N4O7S/c1-13-8-14(2)21(15(3)9-13)24-34(32,33)20-6-4-17(5-7-20)23-22(27)16-10-18(25(28)29)12-19(11-16)26(30)31/h4-12,24H,1-3H3,(H,23,27). The zero-order chi connectivity index (χ0) is 25.2. The van der Waals surface area contributed by atoms with Gasteiger partial charge in [-0.15, -0.1) is 0 Å². The fourth-order valence-electron chi connectivity index (χ4n) is 3.39. The predicted octanol–water partition coefficient (Wildman–Crippen LogP) is 4.48. The van der Waals surface area contributed by atoms with Crippen LogP contribution in [0.15, 0.2) is 59.5 Å². The van der Waals surface area contributed by atoms with Gasteiger partial charge in [-0.1, -0.05) is 17.7 Å². The van der Waals surface area contributed by atoms with Gasteiger partial charge in [0.1, 0.15) is 0 Å². The number of nitro benzene ring substituents is 2. The van der Waals surface area contributed by atoms with Crippen LogP contribution in [0, 0.1) is 41.0 Å². The predicted molar refractivity (Wildman–Crippen MR) is 126 cm³/mol. The Morgan fingerprint density at radius 1 is 0.824 bits per heavy atom. The van der Waals surface area contributed by atoms with E-state index >= 15 is 0 Å². The number of benzene rings is 3. The normalized spacial score (nSPS) is 11.0. The number of non-ortho nitro benzene ring substituents is 2. The molecule has 0 radical (unpaired) electrons. The maximum atomic E-state index is 12.8. The third-order valence-electron chi connectivity index (χ3n) is 4.92. The number of carbonyl (C=O) groups is 1. The van der Waals surface area contributed by atoms with E-state index in [-0.39, 0.29) is 16.1 Å². The van der Waals surface area contributed by atoms with Crippen molar-refractivity contribution in [1.29, 1.82) is 0 Å². The third-order valence-corrected chi connectivity index (χ3v) is 6.29. The van der Waals surface area contributed by atoms with Crippen molar-refractivity contribution in [3.05, 3.63) is 97.1 Å². The minimum absolute atomic E-state index is 0.0455. The first-order chi connectivity index (χ1) is 15.9. The molecule has 0 saturated heterocycles. The van der Waals surface area contributed by atoms with Crippen LogP contribution in [-0.2, 0) is 10.0 Å². The van der Waals surface area contributed by atoms with Crippen LogP contribution >= 0.6 is 0 Å². The minimum atomic E-state index is -3.91. The number of carbonyl (C=O) groups excluding carboxylic acids is 1. The van der Waals surface area contributed by atoms with E-state index in [4.69, 9.17) is 0 Å². The first-order valence-corrected chi connectivity index (χ1v) is 11.3. The van der Waals surface area contributed by atoms with Crippen molar-refractivity contribution in [3.63, 3.8) is 0 Å². The van der Waals surface area contributed by atoms with Crippen molar-refractivity contribution in [3.8, 4) is 0 Å². The molecule has 0 saturated carbocycles. The van der Waals surface area contributed by atoms with Crippen LogP contribution in [0.3, 0.4) is 0 Å². The van der Waals surface area contributed by atoms with Crippen LogP contribution in [-0.4, -0.2) is 24.2 Å². The fraction of sp³-hybridized carbons (Fsp3) is 0.136. The number of hydrogen-bond donors (Lipinski definition) is 2. The second kappa shape index (κ2) is 9.27. The Labute approximate surface area is 194 Å². The number of aryl methyl sites for hydroxylation is 3. The fourth-order valence-corrected chi connectivity index (χ4v) is 4.59. The number of hydrogen-bond acceptors (Lipinski definition) is 7. The van der Waals surface area contributed by atoms with Crippen molar-refractivity contribution in [2.75, 3.05) is 10.0 Å². The summed E-state index contributed by atoms with van der Waals surface area (Å²) < 4.78 is 28.2. The Balaban J connectivity index is 1.82. The zero-order valence-electron chi connectivity index (χ0n) is 18.4. The number of anilines is 2. The van der Waals surface area contributed by atoms with Gasteiger partial charge in [-0.3, -0.25) is 29.7 Å². The lowest BCUT2D eigenvalue weighted by Crippen LogP contribution is -2.15. The summed E-state index contributed by atoms with van der Waals surface area (Å²) in [7, 11) is -3.91. The number of nitro groups is 2. The highest BCUT2D eigenvalue weighted by Crippen LogP contribution is 2.26. The molecule has 0 unspecified atom stereocenters. The van der Waals surface area contributed by atoms with Gasteiger partial charge in [0.05, 0.1) is 32.1 Å². The monoisotopic (exact) mass is 484 g/mol. The molecule has 3 aromatic rings. The van der Waals surface area contributed by atoms with E-state index in [2.05, 4.69) is 10.0 Å². The summed E-state index contributed by atoms with van der Waals surface area (Å²) in [5.41, 5.74) is 1.74. The molecule has 11 nitrogen and oxygen atoms in total. The van der Waals surface area contributed by atoms with Crippen LogP contribution in [0.4, 0.5) is 22.7 Å². The second-order valence-corrected chi connectivity index (χ2v) is 9.29. The van der Waals surface area contributed by atoms with Crippen molar-refractivity contribution >= 4 is 38.7 Å². The number of amides is 1. The molecule has 0 aliphatic rings. The highest BCUT2D eigenvalue weighted by atomic mass is 32.2. The molecule has 1 amide bonds. The molecule has 0 atom stereocenters. The summed E-state index contributed by atoms with van der Waals surface area (Å²) in [6, 6.07) is 11.6. The molecule has 0 aromatic heterocycles. The molecule has 176 valence electrons. The van der Waals surface area contributed by atoms with Gasteiger partial charge in [0.15, 0.2) is 0 Å². The van der Waals surface area contributed by atoms with E-state index in [1.165, 1.54) is 24.3 Å². The van der Waals surface area contributed by atoms with Gasteiger partial charge in [-0.2, -0.15) is 0 Å². The van der Waals surface area contributed by atoms with Crippen LogP contribution in [0.2, 0.25) is 0 Å². The van der Waals surface area contributed by atoms with E-state index in [1.807, 2.05) is 19.1 Å². The minimum Gasteiger partial charge on any atom is -0.322 e. The second-order valence-electron chi connectivity index (χ2n) is 7.61. The molecule has 12 heteroatoms. The molecule has 0 heterocycles. The molecule has 0 fully saturated rings. The Hall–Kier alpha value is -4.32. The maximum Gasteiger partial charge on any atom is 0.277 e. The SMILES string of the molecule is Cc1cc(C)c(NS(=O)(=O)c2ccc(NC(=O)c3cc([N+](=O)[O-])cc([N+](=O)[O-])c3)cc2)c(C)c1. The Morgan fingerprint density at radius 2 is 1.32 bits per heavy atom. The summed E-state index contributed by atoms with van der Waals surface area (Å²) in [5, 5.41) is 24.5. The topological polar surface area (TPSA) is 162 Å². The van der Waals surface area contributed by atoms with E-state index in [0.717, 1.165) is 34.9 Å². The molecular formula is C22H20N4O7S. The highest BCUT2D eigenvalue weighted by molar-refractivity contribution is 7.92. The Kier molecular flexibility index (Phi) is 6.63. The highest BCUT2D eigenvalue weighted by Gasteiger charge is 2.21. The average molecular weight is 484 g/mol. The van der Waals surface area contributed by atoms with Crippen LogP contribution in [0.25, 0.3) is 0 Å². The summed E-state index contributed by atoms with van der Waals surface area (Å²) in [4.78, 5) is 32.8. The van der Waals surface area contributed by atoms with Gasteiger partial charge in [-0.25, -0.2) is 8.42 Å². The number of nitrogens with one attached hydrogen (secondary N) is 2. The van der Waals surface area contributed by atoms with E-state index in [0.29, 0.717) is 5.69 Å². The van der Waals surface area contributed by atoms with Gasteiger partial charge < -0.3 is 5.32 Å². The summed E-state index contributed by atoms with van der Waals surface area (Å²) in [5.74, 6) is -0.827. The van der Waals surface area contributed by atoms with Gasteiger partial charge >= 0.3 is 0 Å². The molecule has 0 bridgehead atoms. The first-order valence-electron chi connectivity index (χ1n) is 9.83. The summed E-state index contributed by atoms with van der Waals surface area (Å²) in [6.45, 7) is 5.51. The molecule has 2 N–H and O–H groups in total. The van der Waals surface area contributed by atoms with Crippen molar-refractivity contribution in [1.82, 2.24) is 0 Å². The lowest BCUT2D eigenvalue weighted by Gasteiger charge is -2.14. The van der Waals surface area contributed by atoms with Crippen LogP contribution < -0.4 is 10.0 Å². The lowest BCUT2D eigenvalue weighted by molar-refractivity contribution is -0.394. The van der Waals surface area contributed by atoms with Crippen LogP contribution in [0.5, 0.6) is 0 Å². The summed E-state index contributed by atoms with van der Waals surface area (Å²) in [6.07, 6.45) is 0. The van der Waals surface area contributed by atoms with Gasteiger partial charge in [-0.05, 0) is 56.2 Å². The third kappa shape index (κ3) is 5.35. The quantitative estimate of drug-likeness (QED) is 0.369. The van der Waals surface area contributed by atoms with Gasteiger partial charge in [0.2, 0.25) is 0 Å². The molecule has 34 heavy (non-hydrogen) atoms. The summed E-state index contributed by atoms with van der Waals surface area (Å²) >= 11 is 0. The molecular weight excluding hydrogens is 464 g/mol. The van der Waals surface area contributed by atoms with Crippen molar-refractivity contribution < 1.29 is 23.1 Å². The Morgan fingerprint density at radius 3 is 1.79 bits per heavy atom. The smallest absolute Gasteiger partial charge is 0.277 e. The Bertz CT molecular complexity index is 1360. The molecule has 3 aromatic carbocycles. The van der Waals surface area contributed by atoms with E-state index < -0.39 is 37.2 Å². The largest absolute Gasteiger partial charge is 0.322 e. The van der Waals surface area contributed by atoms with Gasteiger partial charge in [0.25, 0.3) is 27.3 Å². The molecule has 0 aliphatic carbocycles. The van der Waals surface area contributed by atoms with Crippen molar-refractivity contribution in [2.45, 2.75) is 25.7 Å². The van der Waals surface area contributed by atoms with E-state index in [1.54, 1.807) is 13.8 Å². The number of sulfonamides is 1. The van der Waals surface area contributed by atoms with Crippen molar-refractivity contribution in [2.24, 2.45) is 0 Å². The lowest BCUT2D eigenvalue weighted by atomic mass is 10.1. The number of nitrogens with zero attached hydrogens (tertiary/aromatic N) is 2. The molecule has 0 spiro atoms. The van der Waals surface area contributed by atoms with Gasteiger partial charge in [0, 0.05) is 17.8 Å². The average Bonchev–Trinajstić information content (AvgIpc) is 2.76. The molecule has 3 rings (SSSR count). The zero-order valence-corrected chi connectivity index (χ0v) is 19.2. The maximum absolute atomic E-state index is 12.8. The number of rotatable bonds is 7. The van der Waals surface area contributed by atoms with Crippen LogP contribution in [0.1, 0.15) is 27.0 Å². The first kappa shape index (κ1) is 24.3.